The van der Waals surface area contributed by atoms with Crippen molar-refractivity contribution in [2.24, 2.45) is 10.2 Å². The molecule has 1 rings (SSSR count). The maximum Gasteiger partial charge on any atom is 0.285 e. The molecular weight excluding hydrogens is 268 g/mol. The van der Waals surface area contributed by atoms with Gasteiger partial charge in [-0.05, 0) is 23.2 Å². The minimum absolute atomic E-state index is 0.522. The van der Waals surface area contributed by atoms with Crippen LogP contribution in [0.4, 0.5) is 0 Å². The second-order valence-corrected chi connectivity index (χ2v) is 4.64. The normalized spacial score (nSPS) is 27.3. The molecule has 0 saturated heterocycles. The monoisotopic (exact) mass is 272 g/mol. The molecular formula is C6H4N6O5S. The van der Waals surface area contributed by atoms with Crippen LogP contribution in [0.15, 0.2) is 22.4 Å². The fourth-order valence-corrected chi connectivity index (χ4v) is 2.28. The summed E-state index contributed by atoms with van der Waals surface area (Å²) in [6.07, 6.45) is 1.19. The van der Waals surface area contributed by atoms with Crippen LogP contribution in [0.1, 0.15) is 0 Å². The number of ketones is 2. The van der Waals surface area contributed by atoms with E-state index in [9.17, 15) is 18.0 Å². The van der Waals surface area contributed by atoms with Crippen LogP contribution >= 0.6 is 0 Å². The van der Waals surface area contributed by atoms with Crippen LogP contribution in [0.25, 0.3) is 20.9 Å². The van der Waals surface area contributed by atoms with Gasteiger partial charge in [0.15, 0.2) is 11.6 Å². The molecule has 94 valence electrons. The molecule has 2 atom stereocenters. The molecule has 0 aromatic heterocycles. The van der Waals surface area contributed by atoms with Gasteiger partial charge in [0.25, 0.3) is 15.0 Å². The third-order valence-corrected chi connectivity index (χ3v) is 3.44. The predicted molar refractivity (Wildman–Crippen MR) is 55.5 cm³/mol. The summed E-state index contributed by atoms with van der Waals surface area (Å²) in [5.74, 6) is -2.46. The quantitative estimate of drug-likeness (QED) is 0.333. The van der Waals surface area contributed by atoms with Crippen molar-refractivity contribution in [3.05, 3.63) is 33.0 Å². The lowest BCUT2D eigenvalue weighted by Gasteiger charge is -2.29. The smallest absolute Gasteiger partial charge is 0.285 e. The lowest BCUT2D eigenvalue weighted by molar-refractivity contribution is -0.124. The molecule has 18 heavy (non-hydrogen) atoms. The third kappa shape index (κ3) is 1.81. The van der Waals surface area contributed by atoms with Crippen molar-refractivity contribution in [1.82, 2.24) is 0 Å². The first kappa shape index (κ1) is 13.7. The average Bonchev–Trinajstić information content (AvgIpc) is 2.27. The van der Waals surface area contributed by atoms with Crippen molar-refractivity contribution in [1.29, 1.82) is 0 Å². The Balaban J connectivity index is 3.78. The molecule has 12 heteroatoms. The van der Waals surface area contributed by atoms with Gasteiger partial charge in [-0.1, -0.05) is 10.2 Å². The van der Waals surface area contributed by atoms with Gasteiger partial charge in [-0.15, -0.1) is 0 Å². The zero-order valence-electron chi connectivity index (χ0n) is 8.40. The second-order valence-electron chi connectivity index (χ2n) is 3.07. The van der Waals surface area contributed by atoms with Gasteiger partial charge in [0.05, 0.1) is 0 Å². The average molecular weight is 272 g/mol. The standard InChI is InChI=1S/C6H4N6O5S/c7-11-9-5-3(13)1-2-4(14)6(5,10-12-8)18(15,16)17/h1-2,5H,(H,15,16,17). The number of hydrogen-bond acceptors (Lipinski definition) is 6. The van der Waals surface area contributed by atoms with Crippen LogP contribution in [0.5, 0.6) is 0 Å². The third-order valence-electron chi connectivity index (χ3n) is 2.15. The topological polar surface area (TPSA) is 186 Å². The van der Waals surface area contributed by atoms with Crippen molar-refractivity contribution in [2.75, 3.05) is 0 Å². The highest BCUT2D eigenvalue weighted by atomic mass is 32.2. The number of azide groups is 2. The van der Waals surface area contributed by atoms with Gasteiger partial charge in [-0.3, -0.25) is 14.1 Å². The summed E-state index contributed by atoms with van der Waals surface area (Å²) in [6, 6.07) is -2.19. The van der Waals surface area contributed by atoms with E-state index >= 15 is 0 Å². The van der Waals surface area contributed by atoms with Crippen LogP contribution in [-0.2, 0) is 19.7 Å². The van der Waals surface area contributed by atoms with Crippen LogP contribution in [0, 0.1) is 0 Å². The summed E-state index contributed by atoms with van der Waals surface area (Å²) in [4.78, 5) is 24.1. The number of carbonyl (C=O) groups excluding carboxylic acids is 2. The van der Waals surface area contributed by atoms with Crippen molar-refractivity contribution in [3.8, 4) is 0 Å². The van der Waals surface area contributed by atoms with E-state index in [-0.39, 0.29) is 0 Å². The molecule has 0 aromatic rings. The molecule has 0 amide bonds. The number of hydrogen-bond donors (Lipinski definition) is 1. The van der Waals surface area contributed by atoms with Gasteiger partial charge in [0, 0.05) is 9.82 Å². The molecule has 1 aliphatic carbocycles. The van der Waals surface area contributed by atoms with Crippen LogP contribution in [-0.4, -0.2) is 35.4 Å². The number of rotatable bonds is 3. The van der Waals surface area contributed by atoms with E-state index in [0.717, 1.165) is 0 Å². The summed E-state index contributed by atoms with van der Waals surface area (Å²) < 4.78 is 31.5. The zero-order chi connectivity index (χ0) is 14.0. The Morgan fingerprint density at radius 2 is 1.89 bits per heavy atom. The van der Waals surface area contributed by atoms with Crippen molar-refractivity contribution < 1.29 is 22.6 Å². The molecule has 2 unspecified atom stereocenters. The molecule has 0 saturated carbocycles. The predicted octanol–water partition coefficient (Wildman–Crippen LogP) is 0.268. The fraction of sp³-hybridized carbons (Fsp3) is 0.333. The molecule has 0 aliphatic heterocycles. The maximum atomic E-state index is 11.6. The molecule has 0 radical (unpaired) electrons. The highest BCUT2D eigenvalue weighted by Crippen LogP contribution is 2.31. The van der Waals surface area contributed by atoms with Crippen LogP contribution in [0.3, 0.4) is 0 Å². The van der Waals surface area contributed by atoms with Crippen molar-refractivity contribution >= 4 is 21.7 Å². The summed E-state index contributed by atoms with van der Waals surface area (Å²) in [5.41, 5.74) is 16.5. The first-order valence-corrected chi connectivity index (χ1v) is 5.59. The van der Waals surface area contributed by atoms with Crippen LogP contribution in [0.2, 0.25) is 0 Å². The Morgan fingerprint density at radius 3 is 2.33 bits per heavy atom. The summed E-state index contributed by atoms with van der Waals surface area (Å²) >= 11 is 0. The molecule has 0 aromatic carbocycles. The Bertz CT molecular complexity index is 639. The van der Waals surface area contributed by atoms with Gasteiger partial charge >= 0.3 is 0 Å². The molecule has 0 spiro atoms. The van der Waals surface area contributed by atoms with Gasteiger partial charge in [-0.25, -0.2) is 0 Å². The van der Waals surface area contributed by atoms with Crippen LogP contribution < -0.4 is 0 Å². The van der Waals surface area contributed by atoms with Crippen molar-refractivity contribution in [2.45, 2.75) is 10.9 Å². The largest absolute Gasteiger partial charge is 0.294 e. The van der Waals surface area contributed by atoms with E-state index in [0.29, 0.717) is 12.2 Å². The highest BCUT2D eigenvalue weighted by Gasteiger charge is 2.58. The van der Waals surface area contributed by atoms with Gasteiger partial charge in [-0.2, -0.15) is 8.42 Å². The van der Waals surface area contributed by atoms with E-state index in [1.165, 1.54) is 0 Å². The lowest BCUT2D eigenvalue weighted by atomic mass is 9.94. The lowest BCUT2D eigenvalue weighted by Crippen LogP contribution is -2.56. The Morgan fingerprint density at radius 1 is 1.28 bits per heavy atom. The van der Waals surface area contributed by atoms with E-state index in [4.69, 9.17) is 15.6 Å². The molecule has 0 bridgehead atoms. The first-order chi connectivity index (χ1) is 8.31. The minimum atomic E-state index is -5.31. The summed E-state index contributed by atoms with van der Waals surface area (Å²) in [7, 11) is -5.31. The molecule has 0 fully saturated rings. The van der Waals surface area contributed by atoms with Gasteiger partial charge in [0.1, 0.15) is 6.04 Å². The number of nitrogens with zero attached hydrogens (tertiary/aromatic N) is 6. The van der Waals surface area contributed by atoms with Crippen molar-refractivity contribution in [3.63, 3.8) is 0 Å². The number of carbonyl (C=O) groups is 2. The summed E-state index contributed by atoms with van der Waals surface area (Å²) in [6.45, 7) is 0. The van der Waals surface area contributed by atoms with E-state index in [1.807, 2.05) is 0 Å². The molecule has 11 nitrogen and oxygen atoms in total. The zero-order valence-corrected chi connectivity index (χ0v) is 9.22. The first-order valence-electron chi connectivity index (χ1n) is 4.15. The molecule has 1 aliphatic rings. The minimum Gasteiger partial charge on any atom is -0.294 e. The van der Waals surface area contributed by atoms with E-state index in [2.05, 4.69) is 20.1 Å². The highest BCUT2D eigenvalue weighted by molar-refractivity contribution is 7.88. The fourth-order valence-electron chi connectivity index (χ4n) is 1.37. The Hall–Kier alpha value is -2.39. The Labute approximate surface area is 99.1 Å². The van der Waals surface area contributed by atoms with E-state index in [1.54, 1.807) is 0 Å². The second kappa shape index (κ2) is 4.47. The maximum absolute atomic E-state index is 11.6. The Kier molecular flexibility index (Phi) is 3.39. The van der Waals surface area contributed by atoms with E-state index < -0.39 is 32.6 Å². The SMILES string of the molecule is [N-]=[N+]=NC1C(=O)C=CC(=O)C1(N=[N+]=[N-])S(=O)(=O)O. The van der Waals surface area contributed by atoms with Gasteiger partial charge in [0.2, 0.25) is 0 Å². The molecule has 1 N–H and O–H groups in total. The summed E-state index contributed by atoms with van der Waals surface area (Å²) in [5, 5.41) is 5.48. The van der Waals surface area contributed by atoms with Gasteiger partial charge < -0.3 is 0 Å². The molecule has 0 heterocycles.